The predicted octanol–water partition coefficient (Wildman–Crippen LogP) is 4.91. The van der Waals surface area contributed by atoms with E-state index < -0.39 is 11.4 Å². The lowest BCUT2D eigenvalue weighted by Crippen LogP contribution is -2.44. The van der Waals surface area contributed by atoms with Gasteiger partial charge in [0.15, 0.2) is 11.6 Å². The fourth-order valence-corrected chi connectivity index (χ4v) is 5.94. The number of halogens is 1. The molecule has 1 aromatic heterocycles. The van der Waals surface area contributed by atoms with Crippen molar-refractivity contribution in [2.24, 2.45) is 5.92 Å². The standard InChI is InChI=1S/C31H42FN7O3/c1-5-27(40)39-12-6-7-25(20-39)34-28-26(32)16-33-29(36-28)35-24-9-8-22-18-37(19-23(22)15-24)17-21-10-13-38(14-11-21)30(41)42-31(2,3)4/h5,8-9,15-16,21,25H,1,6-7,10-14,17-20H2,2-4H3,(H2,33,34,35,36). The minimum Gasteiger partial charge on any atom is -0.444 e. The van der Waals surface area contributed by atoms with Gasteiger partial charge in [0.1, 0.15) is 5.60 Å². The molecule has 5 rings (SSSR count). The third-order valence-corrected chi connectivity index (χ3v) is 8.03. The van der Waals surface area contributed by atoms with Gasteiger partial charge in [-0.25, -0.2) is 14.2 Å². The molecular weight excluding hydrogens is 537 g/mol. The molecule has 2 fully saturated rings. The molecule has 3 aliphatic rings. The average molecular weight is 580 g/mol. The molecule has 3 aliphatic heterocycles. The average Bonchev–Trinajstić information content (AvgIpc) is 3.35. The lowest BCUT2D eigenvalue weighted by molar-refractivity contribution is -0.127. The zero-order valence-electron chi connectivity index (χ0n) is 24.9. The second-order valence-electron chi connectivity index (χ2n) is 12.6. The van der Waals surface area contributed by atoms with Gasteiger partial charge >= 0.3 is 6.09 Å². The molecule has 1 unspecified atom stereocenters. The van der Waals surface area contributed by atoms with E-state index in [0.29, 0.717) is 25.0 Å². The van der Waals surface area contributed by atoms with Gasteiger partial charge in [0.05, 0.1) is 6.20 Å². The Kier molecular flexibility index (Phi) is 8.96. The van der Waals surface area contributed by atoms with E-state index in [2.05, 4.69) is 44.2 Å². The van der Waals surface area contributed by atoms with E-state index in [0.717, 1.165) is 70.3 Å². The second kappa shape index (κ2) is 12.6. The summed E-state index contributed by atoms with van der Waals surface area (Å²) in [7, 11) is 0. The van der Waals surface area contributed by atoms with Crippen molar-refractivity contribution >= 4 is 29.5 Å². The first-order valence-electron chi connectivity index (χ1n) is 14.9. The van der Waals surface area contributed by atoms with Crippen molar-refractivity contribution in [3.8, 4) is 0 Å². The number of ether oxygens (including phenoxy) is 1. The molecule has 2 aromatic rings. The monoisotopic (exact) mass is 579 g/mol. The molecule has 0 spiro atoms. The van der Waals surface area contributed by atoms with Gasteiger partial charge in [-0.3, -0.25) is 9.69 Å². The van der Waals surface area contributed by atoms with E-state index in [1.165, 1.54) is 17.2 Å². The summed E-state index contributed by atoms with van der Waals surface area (Å²) >= 11 is 0. The van der Waals surface area contributed by atoms with Crippen LogP contribution in [0.1, 0.15) is 57.6 Å². The lowest BCUT2D eigenvalue weighted by atomic mass is 9.96. The maximum atomic E-state index is 14.6. The highest BCUT2D eigenvalue weighted by molar-refractivity contribution is 5.87. The van der Waals surface area contributed by atoms with Crippen LogP contribution in [0.3, 0.4) is 0 Å². The molecule has 1 aromatic carbocycles. The third-order valence-electron chi connectivity index (χ3n) is 8.03. The number of carbonyl (C=O) groups is 2. The van der Waals surface area contributed by atoms with Gasteiger partial charge in [0, 0.05) is 57.5 Å². The normalized spacial score (nSPS) is 19.8. The van der Waals surface area contributed by atoms with Crippen molar-refractivity contribution in [3.63, 3.8) is 0 Å². The molecule has 2 N–H and O–H groups in total. The number of benzene rings is 1. The molecule has 1 atom stereocenters. The predicted molar refractivity (Wildman–Crippen MR) is 160 cm³/mol. The van der Waals surface area contributed by atoms with E-state index in [1.54, 1.807) is 4.90 Å². The van der Waals surface area contributed by atoms with Gasteiger partial charge in [-0.1, -0.05) is 12.6 Å². The number of anilines is 3. The largest absolute Gasteiger partial charge is 0.444 e. The molecule has 2 amide bonds. The van der Waals surface area contributed by atoms with Crippen LogP contribution in [0.2, 0.25) is 0 Å². The number of nitrogens with one attached hydrogen (secondary N) is 2. The van der Waals surface area contributed by atoms with E-state index in [9.17, 15) is 14.0 Å². The SMILES string of the molecule is C=CC(=O)N1CCCC(Nc2nc(Nc3ccc4c(c3)CN(CC3CCN(C(=O)OC(C)(C)C)CC3)C4)ncc2F)C1. The van der Waals surface area contributed by atoms with Crippen LogP contribution in [0.25, 0.3) is 0 Å². The van der Waals surface area contributed by atoms with Crippen LogP contribution in [0.5, 0.6) is 0 Å². The molecular formula is C31H42FN7O3. The molecule has 0 bridgehead atoms. The Balaban J connectivity index is 1.13. The first-order chi connectivity index (χ1) is 20.1. The van der Waals surface area contributed by atoms with Gasteiger partial charge in [0.25, 0.3) is 0 Å². The minimum atomic E-state index is -0.533. The van der Waals surface area contributed by atoms with Crippen molar-refractivity contribution in [1.82, 2.24) is 24.7 Å². The number of rotatable bonds is 7. The summed E-state index contributed by atoms with van der Waals surface area (Å²) in [6, 6.07) is 6.13. The lowest BCUT2D eigenvalue weighted by Gasteiger charge is -2.34. The Morgan fingerprint density at radius 2 is 1.88 bits per heavy atom. The maximum Gasteiger partial charge on any atom is 0.410 e. The van der Waals surface area contributed by atoms with Gasteiger partial charge in [0.2, 0.25) is 11.9 Å². The van der Waals surface area contributed by atoms with Gasteiger partial charge in [-0.05, 0) is 81.7 Å². The van der Waals surface area contributed by atoms with E-state index in [-0.39, 0.29) is 23.9 Å². The molecule has 0 aliphatic carbocycles. The van der Waals surface area contributed by atoms with Crippen molar-refractivity contribution in [1.29, 1.82) is 0 Å². The van der Waals surface area contributed by atoms with E-state index in [4.69, 9.17) is 4.74 Å². The van der Waals surface area contributed by atoms with E-state index in [1.807, 2.05) is 31.7 Å². The van der Waals surface area contributed by atoms with Crippen LogP contribution >= 0.6 is 0 Å². The van der Waals surface area contributed by atoms with Gasteiger partial charge < -0.3 is 25.2 Å². The van der Waals surface area contributed by atoms with E-state index >= 15 is 0 Å². The Bertz CT molecular complexity index is 1310. The molecule has 226 valence electrons. The highest BCUT2D eigenvalue weighted by atomic mass is 19.1. The summed E-state index contributed by atoms with van der Waals surface area (Å²) in [4.78, 5) is 38.9. The molecule has 0 saturated carbocycles. The summed E-state index contributed by atoms with van der Waals surface area (Å²) < 4.78 is 20.1. The second-order valence-corrected chi connectivity index (χ2v) is 12.6. The highest BCUT2D eigenvalue weighted by Crippen LogP contribution is 2.30. The molecule has 11 heteroatoms. The van der Waals surface area contributed by atoms with Crippen LogP contribution in [-0.2, 0) is 22.6 Å². The maximum absolute atomic E-state index is 14.6. The van der Waals surface area contributed by atoms with Crippen LogP contribution in [0.15, 0.2) is 37.1 Å². The van der Waals surface area contributed by atoms with Crippen molar-refractivity contribution in [3.05, 3.63) is 54.0 Å². The van der Waals surface area contributed by atoms with Crippen LogP contribution in [0, 0.1) is 11.7 Å². The van der Waals surface area contributed by atoms with Crippen molar-refractivity contribution in [2.75, 3.05) is 43.4 Å². The van der Waals surface area contributed by atoms with Gasteiger partial charge in [-0.2, -0.15) is 4.98 Å². The number of fused-ring (bicyclic) bond motifs is 1. The number of piperidine rings is 2. The summed E-state index contributed by atoms with van der Waals surface area (Å²) in [5, 5.41) is 6.39. The zero-order chi connectivity index (χ0) is 29.9. The van der Waals surface area contributed by atoms with Crippen molar-refractivity contribution < 1.29 is 18.7 Å². The Labute approximate surface area is 247 Å². The highest BCUT2D eigenvalue weighted by Gasteiger charge is 2.29. The topological polar surface area (TPSA) is 103 Å². The summed E-state index contributed by atoms with van der Waals surface area (Å²) in [5.74, 6) is 0.316. The number of nitrogens with zero attached hydrogens (tertiary/aromatic N) is 5. The van der Waals surface area contributed by atoms with Crippen LogP contribution in [0.4, 0.5) is 26.6 Å². The Morgan fingerprint density at radius 3 is 2.62 bits per heavy atom. The number of hydrogen-bond acceptors (Lipinski definition) is 8. The fraction of sp³-hybridized carbons (Fsp3) is 0.548. The summed E-state index contributed by atoms with van der Waals surface area (Å²) in [5.41, 5.74) is 2.92. The minimum absolute atomic E-state index is 0.101. The molecule has 10 nitrogen and oxygen atoms in total. The number of carbonyl (C=O) groups excluding carboxylic acids is 2. The Hall–Kier alpha value is -3.73. The smallest absolute Gasteiger partial charge is 0.410 e. The van der Waals surface area contributed by atoms with Crippen molar-refractivity contribution in [2.45, 2.75) is 71.2 Å². The molecule has 4 heterocycles. The zero-order valence-corrected chi connectivity index (χ0v) is 24.9. The van der Waals surface area contributed by atoms with Crippen LogP contribution < -0.4 is 10.6 Å². The molecule has 0 radical (unpaired) electrons. The quantitative estimate of drug-likeness (QED) is 0.446. The number of amides is 2. The first kappa shape index (κ1) is 29.8. The number of hydrogen-bond donors (Lipinski definition) is 2. The van der Waals surface area contributed by atoms with Crippen LogP contribution in [-0.4, -0.2) is 81.0 Å². The third kappa shape index (κ3) is 7.56. The molecule has 2 saturated heterocycles. The fourth-order valence-electron chi connectivity index (χ4n) is 5.94. The summed E-state index contributed by atoms with van der Waals surface area (Å²) in [6.07, 6.45) is 5.84. The number of likely N-dealkylation sites (tertiary alicyclic amines) is 2. The Morgan fingerprint density at radius 1 is 1.12 bits per heavy atom. The van der Waals surface area contributed by atoms with Gasteiger partial charge in [-0.15, -0.1) is 0 Å². The number of aromatic nitrogens is 2. The molecule has 42 heavy (non-hydrogen) atoms. The summed E-state index contributed by atoms with van der Waals surface area (Å²) in [6.45, 7) is 14.6. The first-order valence-corrected chi connectivity index (χ1v) is 14.9.